The molecule has 0 unspecified atom stereocenters. The number of benzene rings is 1. The van der Waals surface area contributed by atoms with Crippen molar-refractivity contribution in [1.82, 2.24) is 19.2 Å². The smallest absolute Gasteiger partial charge is 0.283 e. The quantitative estimate of drug-likeness (QED) is 0.649. The second kappa shape index (κ2) is 3.76. The Kier molecular flexibility index (Phi) is 2.22. The number of hydrogen-bond donors (Lipinski definition) is 0. The lowest BCUT2D eigenvalue weighted by Crippen LogP contribution is -2.20. The van der Waals surface area contributed by atoms with Crippen LogP contribution in [-0.2, 0) is 0 Å². The fraction of sp³-hybridized carbons (Fsp3) is 0.0833. The third kappa shape index (κ3) is 1.50. The second-order valence-corrected chi connectivity index (χ2v) is 3.97. The molecule has 1 aromatic carbocycles. The van der Waals surface area contributed by atoms with Crippen LogP contribution in [0.15, 0.2) is 41.7 Å². The number of nitrogens with zero attached hydrogens (tertiary/aromatic N) is 4. The van der Waals surface area contributed by atoms with Gasteiger partial charge in [-0.3, -0.25) is 13.8 Å². The molecular weight excluding hydrogens is 235 g/mol. The Bertz CT molecular complexity index is 790. The molecule has 2 heterocycles. The Morgan fingerprint density at radius 1 is 1.28 bits per heavy atom. The van der Waals surface area contributed by atoms with Crippen molar-refractivity contribution in [3.8, 4) is 5.69 Å². The van der Waals surface area contributed by atoms with E-state index in [2.05, 4.69) is 10.2 Å². The van der Waals surface area contributed by atoms with Crippen LogP contribution in [-0.4, -0.2) is 19.2 Å². The summed E-state index contributed by atoms with van der Waals surface area (Å²) in [7, 11) is 0. The van der Waals surface area contributed by atoms with E-state index in [9.17, 15) is 9.18 Å². The van der Waals surface area contributed by atoms with Gasteiger partial charge in [-0.2, -0.15) is 0 Å². The van der Waals surface area contributed by atoms with Crippen LogP contribution in [0.25, 0.3) is 11.3 Å². The predicted octanol–water partition coefficient (Wildman–Crippen LogP) is 1.33. The maximum absolute atomic E-state index is 13.5. The van der Waals surface area contributed by atoms with Crippen LogP contribution in [0.2, 0.25) is 0 Å². The van der Waals surface area contributed by atoms with Crippen LogP contribution in [0.5, 0.6) is 0 Å². The minimum Gasteiger partial charge on any atom is -0.283 e. The molecule has 0 saturated heterocycles. The molecule has 0 fully saturated rings. The summed E-state index contributed by atoms with van der Waals surface area (Å²) in [6, 6.07) is 4.64. The van der Waals surface area contributed by atoms with Gasteiger partial charge in [0.05, 0.1) is 5.69 Å². The monoisotopic (exact) mass is 244 g/mol. The molecule has 0 spiro atoms. The zero-order valence-corrected chi connectivity index (χ0v) is 9.54. The number of fused-ring (bicyclic) bond motifs is 1. The van der Waals surface area contributed by atoms with Crippen molar-refractivity contribution in [3.63, 3.8) is 0 Å². The van der Waals surface area contributed by atoms with Crippen LogP contribution < -0.4 is 5.56 Å². The van der Waals surface area contributed by atoms with E-state index in [4.69, 9.17) is 0 Å². The molecule has 5 nitrogen and oxygen atoms in total. The molecule has 0 aliphatic rings. The van der Waals surface area contributed by atoms with Crippen molar-refractivity contribution in [2.45, 2.75) is 6.92 Å². The average Bonchev–Trinajstić information content (AvgIpc) is 2.83. The summed E-state index contributed by atoms with van der Waals surface area (Å²) in [5.41, 5.74) is 0.876. The molecule has 0 N–H and O–H groups in total. The standard InChI is InChI=1S/C12H9FN4O/c1-8-2-3-9(6-10(8)13)17-5-4-16-7-14-15-11(16)12(17)18/h2-7H,1H3. The van der Waals surface area contributed by atoms with Gasteiger partial charge in [0.1, 0.15) is 12.1 Å². The Labute approximate surface area is 101 Å². The summed E-state index contributed by atoms with van der Waals surface area (Å²) in [6.45, 7) is 1.67. The highest BCUT2D eigenvalue weighted by atomic mass is 19.1. The summed E-state index contributed by atoms with van der Waals surface area (Å²) >= 11 is 0. The maximum atomic E-state index is 13.5. The van der Waals surface area contributed by atoms with Crippen molar-refractivity contribution < 1.29 is 4.39 Å². The van der Waals surface area contributed by atoms with Crippen molar-refractivity contribution in [2.75, 3.05) is 0 Å². The van der Waals surface area contributed by atoms with Crippen molar-refractivity contribution >= 4 is 5.65 Å². The fourth-order valence-corrected chi connectivity index (χ4v) is 1.75. The number of hydrogen-bond acceptors (Lipinski definition) is 3. The summed E-state index contributed by atoms with van der Waals surface area (Å²) in [4.78, 5) is 12.1. The lowest BCUT2D eigenvalue weighted by molar-refractivity contribution is 0.617. The van der Waals surface area contributed by atoms with E-state index in [1.807, 2.05) is 0 Å². The highest BCUT2D eigenvalue weighted by Gasteiger charge is 2.07. The Morgan fingerprint density at radius 3 is 2.89 bits per heavy atom. The van der Waals surface area contributed by atoms with Gasteiger partial charge >= 0.3 is 5.56 Å². The third-order valence-corrected chi connectivity index (χ3v) is 2.79. The number of aromatic nitrogens is 4. The topological polar surface area (TPSA) is 52.2 Å². The molecule has 18 heavy (non-hydrogen) atoms. The van der Waals surface area contributed by atoms with E-state index in [-0.39, 0.29) is 17.0 Å². The van der Waals surface area contributed by atoms with Crippen molar-refractivity contribution in [1.29, 1.82) is 0 Å². The lowest BCUT2D eigenvalue weighted by atomic mass is 10.2. The summed E-state index contributed by atoms with van der Waals surface area (Å²) in [6.07, 6.45) is 4.65. The Morgan fingerprint density at radius 2 is 2.11 bits per heavy atom. The molecule has 6 heteroatoms. The van der Waals surface area contributed by atoms with Gasteiger partial charge in [0.15, 0.2) is 0 Å². The minimum atomic E-state index is -0.347. The van der Waals surface area contributed by atoms with Crippen LogP contribution in [0, 0.1) is 12.7 Å². The SMILES string of the molecule is Cc1ccc(-n2ccn3cnnc3c2=O)cc1F. The molecule has 90 valence electrons. The predicted molar refractivity (Wildman–Crippen MR) is 63.3 cm³/mol. The van der Waals surface area contributed by atoms with E-state index >= 15 is 0 Å². The van der Waals surface area contributed by atoms with Gasteiger partial charge in [-0.05, 0) is 24.6 Å². The van der Waals surface area contributed by atoms with Crippen molar-refractivity contribution in [3.05, 3.63) is 58.7 Å². The third-order valence-electron chi connectivity index (χ3n) is 2.79. The van der Waals surface area contributed by atoms with Crippen LogP contribution in [0.3, 0.4) is 0 Å². The van der Waals surface area contributed by atoms with Gasteiger partial charge in [-0.25, -0.2) is 4.39 Å². The van der Waals surface area contributed by atoms with E-state index in [1.165, 1.54) is 21.4 Å². The zero-order valence-electron chi connectivity index (χ0n) is 9.54. The maximum Gasteiger partial charge on any atom is 0.300 e. The van der Waals surface area contributed by atoms with Gasteiger partial charge in [0.25, 0.3) is 0 Å². The lowest BCUT2D eigenvalue weighted by Gasteiger charge is -2.06. The Balaban J connectivity index is 2.28. The van der Waals surface area contributed by atoms with Crippen molar-refractivity contribution in [2.24, 2.45) is 0 Å². The normalized spacial score (nSPS) is 11.0. The first-order chi connectivity index (χ1) is 8.66. The van der Waals surface area contributed by atoms with Gasteiger partial charge in [-0.15, -0.1) is 10.2 Å². The molecular formula is C12H9FN4O. The first-order valence-electron chi connectivity index (χ1n) is 5.34. The molecule has 0 bridgehead atoms. The fourth-order valence-electron chi connectivity index (χ4n) is 1.75. The summed E-state index contributed by atoms with van der Waals surface area (Å²) in [5.74, 6) is -0.347. The van der Waals surface area contributed by atoms with Gasteiger partial charge in [0.2, 0.25) is 5.65 Å². The minimum absolute atomic E-state index is 0.207. The second-order valence-electron chi connectivity index (χ2n) is 3.97. The molecule has 0 aliphatic heterocycles. The van der Waals surface area contributed by atoms with Crippen LogP contribution >= 0.6 is 0 Å². The number of rotatable bonds is 1. The van der Waals surface area contributed by atoms with Gasteiger partial charge in [-0.1, -0.05) is 6.07 Å². The zero-order chi connectivity index (χ0) is 12.7. The van der Waals surface area contributed by atoms with E-state index in [0.717, 1.165) is 0 Å². The number of aryl methyl sites for hydroxylation is 1. The highest BCUT2D eigenvalue weighted by Crippen LogP contribution is 2.12. The largest absolute Gasteiger partial charge is 0.300 e. The number of halogens is 1. The van der Waals surface area contributed by atoms with E-state index in [0.29, 0.717) is 11.3 Å². The van der Waals surface area contributed by atoms with E-state index < -0.39 is 0 Å². The molecule has 3 rings (SSSR count). The van der Waals surface area contributed by atoms with Gasteiger partial charge in [0, 0.05) is 12.4 Å². The molecule has 2 aromatic heterocycles. The first kappa shape index (κ1) is 10.6. The molecule has 3 aromatic rings. The van der Waals surface area contributed by atoms with E-state index in [1.54, 1.807) is 31.5 Å². The Hall–Kier alpha value is -2.50. The van der Waals surface area contributed by atoms with Crippen LogP contribution in [0.1, 0.15) is 5.56 Å². The molecule has 0 amide bonds. The first-order valence-corrected chi connectivity index (χ1v) is 5.34. The molecule has 0 saturated carbocycles. The summed E-state index contributed by atoms with van der Waals surface area (Å²) < 4.78 is 16.4. The molecule has 0 atom stereocenters. The van der Waals surface area contributed by atoms with Gasteiger partial charge < -0.3 is 0 Å². The van der Waals surface area contributed by atoms with Crippen LogP contribution in [0.4, 0.5) is 4.39 Å². The molecule has 0 aliphatic carbocycles. The summed E-state index contributed by atoms with van der Waals surface area (Å²) in [5, 5.41) is 7.38. The average molecular weight is 244 g/mol. The highest BCUT2D eigenvalue weighted by molar-refractivity contribution is 5.40. The molecule has 0 radical (unpaired) electrons.